The van der Waals surface area contributed by atoms with E-state index in [-0.39, 0.29) is 41.1 Å². The fourth-order valence-corrected chi connectivity index (χ4v) is 1.80. The van der Waals surface area contributed by atoms with E-state index in [0.717, 1.165) is 0 Å². The lowest BCUT2D eigenvalue weighted by molar-refractivity contribution is 0.0690. The molecule has 124 valence electrons. The molecule has 1 rings (SSSR count). The molecule has 6 heteroatoms. The maximum atomic E-state index is 11.3. The number of carboxylic acids is 1. The molecule has 0 heterocycles. The summed E-state index contributed by atoms with van der Waals surface area (Å²) >= 11 is 0. The molecular weight excluding hydrogens is 288 g/mol. The van der Waals surface area contributed by atoms with Crippen LogP contribution >= 0.6 is 0 Å². The third-order valence-electron chi connectivity index (χ3n) is 2.48. The van der Waals surface area contributed by atoms with Gasteiger partial charge >= 0.3 is 5.97 Å². The van der Waals surface area contributed by atoms with Gasteiger partial charge in [0.25, 0.3) is 0 Å². The van der Waals surface area contributed by atoms with Crippen molar-refractivity contribution in [3.05, 3.63) is 11.6 Å². The first-order valence-electron chi connectivity index (χ1n) is 7.26. The Balaban J connectivity index is 3.56. The minimum absolute atomic E-state index is 0.0146. The van der Waals surface area contributed by atoms with Gasteiger partial charge in [-0.05, 0) is 41.5 Å². The second kappa shape index (κ2) is 7.24. The van der Waals surface area contributed by atoms with Crippen molar-refractivity contribution in [1.29, 1.82) is 0 Å². The number of benzene rings is 1. The fraction of sp³-hybridized carbons (Fsp3) is 0.562. The summed E-state index contributed by atoms with van der Waals surface area (Å²) in [5.41, 5.74) is -0.289. The number of hydrogen-bond acceptors (Lipinski definition) is 5. The Morgan fingerprint density at radius 1 is 0.909 bits per heavy atom. The molecule has 0 unspecified atom stereocenters. The van der Waals surface area contributed by atoms with Crippen LogP contribution in [0.4, 0.5) is 0 Å². The summed E-state index contributed by atoms with van der Waals surface area (Å²) in [6.07, 6.45) is -0.650. The summed E-state index contributed by atoms with van der Waals surface area (Å²) in [5.74, 6) is -1.31. The predicted molar refractivity (Wildman–Crippen MR) is 82.4 cm³/mol. The maximum absolute atomic E-state index is 11.3. The van der Waals surface area contributed by atoms with Crippen molar-refractivity contribution in [2.75, 3.05) is 0 Å². The molecule has 1 aromatic rings. The fourth-order valence-electron chi connectivity index (χ4n) is 1.80. The highest BCUT2D eigenvalue weighted by Gasteiger charge is 2.26. The molecule has 0 aromatic heterocycles. The SMILES string of the molecule is CC(C)Oc1cc(C(=O)O)c(O)c(OC(C)C)c1OC(C)C. The van der Waals surface area contributed by atoms with E-state index in [1.54, 1.807) is 13.8 Å². The highest BCUT2D eigenvalue weighted by molar-refractivity contribution is 5.93. The summed E-state index contributed by atoms with van der Waals surface area (Å²) in [5, 5.41) is 19.5. The summed E-state index contributed by atoms with van der Waals surface area (Å²) in [6.45, 7) is 10.8. The lowest BCUT2D eigenvalue weighted by Gasteiger charge is -2.23. The lowest BCUT2D eigenvalue weighted by atomic mass is 10.1. The number of carbonyl (C=O) groups is 1. The zero-order valence-electron chi connectivity index (χ0n) is 13.8. The monoisotopic (exact) mass is 312 g/mol. The number of aromatic hydroxyl groups is 1. The minimum atomic E-state index is -1.27. The van der Waals surface area contributed by atoms with Crippen LogP contribution in [-0.4, -0.2) is 34.5 Å². The van der Waals surface area contributed by atoms with E-state index in [4.69, 9.17) is 14.2 Å². The van der Waals surface area contributed by atoms with Crippen molar-refractivity contribution in [3.8, 4) is 23.0 Å². The molecule has 1 aromatic carbocycles. The third-order valence-corrected chi connectivity index (χ3v) is 2.48. The zero-order valence-corrected chi connectivity index (χ0v) is 13.8. The standard InChI is InChI=1S/C16H24O6/c1-8(2)20-12-7-11(16(18)19)13(17)15(22-10(5)6)14(12)21-9(3)4/h7-10,17H,1-6H3,(H,18,19). The molecular formula is C16H24O6. The van der Waals surface area contributed by atoms with Crippen molar-refractivity contribution in [1.82, 2.24) is 0 Å². The largest absolute Gasteiger partial charge is 0.504 e. The Morgan fingerprint density at radius 2 is 1.36 bits per heavy atom. The van der Waals surface area contributed by atoms with Crippen molar-refractivity contribution in [2.45, 2.75) is 59.9 Å². The van der Waals surface area contributed by atoms with Gasteiger partial charge < -0.3 is 24.4 Å². The van der Waals surface area contributed by atoms with Gasteiger partial charge in [-0.2, -0.15) is 0 Å². The van der Waals surface area contributed by atoms with Gasteiger partial charge in [0.15, 0.2) is 11.5 Å². The first-order valence-corrected chi connectivity index (χ1v) is 7.26. The second-order valence-electron chi connectivity index (χ2n) is 5.73. The van der Waals surface area contributed by atoms with Gasteiger partial charge in [-0.3, -0.25) is 0 Å². The van der Waals surface area contributed by atoms with Crippen LogP contribution in [0.2, 0.25) is 0 Å². The predicted octanol–water partition coefficient (Wildman–Crippen LogP) is 3.45. The van der Waals surface area contributed by atoms with Gasteiger partial charge in [0, 0.05) is 6.07 Å². The maximum Gasteiger partial charge on any atom is 0.339 e. The molecule has 0 amide bonds. The Hall–Kier alpha value is -2.11. The molecule has 0 bridgehead atoms. The van der Waals surface area contributed by atoms with Crippen LogP contribution in [0.15, 0.2) is 6.07 Å². The normalized spacial score (nSPS) is 11.1. The first kappa shape index (κ1) is 17.9. The van der Waals surface area contributed by atoms with Gasteiger partial charge in [0.2, 0.25) is 11.5 Å². The Labute approximate surface area is 130 Å². The highest BCUT2D eigenvalue weighted by Crippen LogP contribution is 2.47. The summed E-state index contributed by atoms with van der Waals surface area (Å²) in [4.78, 5) is 11.3. The van der Waals surface area contributed by atoms with Gasteiger partial charge in [0.05, 0.1) is 18.3 Å². The van der Waals surface area contributed by atoms with Crippen LogP contribution in [0.5, 0.6) is 23.0 Å². The number of rotatable bonds is 7. The van der Waals surface area contributed by atoms with E-state index in [9.17, 15) is 15.0 Å². The van der Waals surface area contributed by atoms with Gasteiger partial charge in [-0.25, -0.2) is 4.79 Å². The molecule has 0 saturated heterocycles. The number of hydrogen-bond donors (Lipinski definition) is 2. The van der Waals surface area contributed by atoms with E-state index in [1.165, 1.54) is 6.07 Å². The summed E-state index contributed by atoms with van der Waals surface area (Å²) < 4.78 is 16.9. The molecule has 6 nitrogen and oxygen atoms in total. The molecule has 22 heavy (non-hydrogen) atoms. The van der Waals surface area contributed by atoms with Gasteiger partial charge in [-0.15, -0.1) is 0 Å². The quantitative estimate of drug-likeness (QED) is 0.802. The average Bonchev–Trinajstić information content (AvgIpc) is 2.35. The smallest absolute Gasteiger partial charge is 0.339 e. The van der Waals surface area contributed by atoms with E-state index in [0.29, 0.717) is 0 Å². The Morgan fingerprint density at radius 3 is 1.77 bits per heavy atom. The summed E-state index contributed by atoms with van der Waals surface area (Å²) in [6, 6.07) is 1.25. The average molecular weight is 312 g/mol. The molecule has 0 aliphatic heterocycles. The molecule has 0 aliphatic carbocycles. The van der Waals surface area contributed by atoms with Crippen LogP contribution in [-0.2, 0) is 0 Å². The number of phenols is 1. The molecule has 0 spiro atoms. The summed E-state index contributed by atoms with van der Waals surface area (Å²) in [7, 11) is 0. The lowest BCUT2D eigenvalue weighted by Crippen LogP contribution is -2.15. The van der Waals surface area contributed by atoms with E-state index in [1.807, 2.05) is 27.7 Å². The zero-order chi connectivity index (χ0) is 17.0. The molecule has 0 fully saturated rings. The minimum Gasteiger partial charge on any atom is -0.504 e. The van der Waals surface area contributed by atoms with Crippen LogP contribution < -0.4 is 14.2 Å². The Bertz CT molecular complexity index is 534. The molecule has 0 atom stereocenters. The molecule has 2 N–H and O–H groups in total. The van der Waals surface area contributed by atoms with Crippen molar-refractivity contribution >= 4 is 5.97 Å². The van der Waals surface area contributed by atoms with E-state index < -0.39 is 11.7 Å². The van der Waals surface area contributed by atoms with Crippen molar-refractivity contribution in [3.63, 3.8) is 0 Å². The van der Waals surface area contributed by atoms with Crippen LogP contribution in [0.25, 0.3) is 0 Å². The number of ether oxygens (including phenoxy) is 3. The number of aromatic carboxylic acids is 1. The van der Waals surface area contributed by atoms with E-state index >= 15 is 0 Å². The van der Waals surface area contributed by atoms with Gasteiger partial charge in [0.1, 0.15) is 5.56 Å². The molecule has 0 radical (unpaired) electrons. The molecule has 0 aliphatic rings. The third kappa shape index (κ3) is 4.44. The van der Waals surface area contributed by atoms with Crippen LogP contribution in [0, 0.1) is 0 Å². The van der Waals surface area contributed by atoms with Crippen molar-refractivity contribution < 1.29 is 29.2 Å². The van der Waals surface area contributed by atoms with Crippen molar-refractivity contribution in [2.24, 2.45) is 0 Å². The highest BCUT2D eigenvalue weighted by atomic mass is 16.6. The van der Waals surface area contributed by atoms with Crippen LogP contribution in [0.3, 0.4) is 0 Å². The van der Waals surface area contributed by atoms with Gasteiger partial charge in [-0.1, -0.05) is 0 Å². The molecule has 0 saturated carbocycles. The first-order chi connectivity index (χ1) is 10.1. The topological polar surface area (TPSA) is 85.2 Å². The number of carboxylic acid groups (broad SMARTS) is 1. The van der Waals surface area contributed by atoms with E-state index in [2.05, 4.69) is 0 Å². The van der Waals surface area contributed by atoms with Crippen LogP contribution in [0.1, 0.15) is 51.9 Å². The second-order valence-corrected chi connectivity index (χ2v) is 5.73. The Kier molecular flexibility index (Phi) is 5.91.